The van der Waals surface area contributed by atoms with Crippen molar-refractivity contribution in [2.24, 2.45) is 5.92 Å². The molecule has 2 fully saturated rings. The van der Waals surface area contributed by atoms with Crippen molar-refractivity contribution in [3.8, 4) is 0 Å². The Hall–Kier alpha value is -1.68. The maximum absolute atomic E-state index is 12.4. The minimum atomic E-state index is -0.790. The van der Waals surface area contributed by atoms with Gasteiger partial charge >= 0.3 is 0 Å². The van der Waals surface area contributed by atoms with Crippen LogP contribution >= 0.6 is 0 Å². The molecule has 1 amide bonds. The van der Waals surface area contributed by atoms with Crippen LogP contribution in [-0.2, 0) is 14.3 Å². The predicted molar refractivity (Wildman–Crippen MR) is 73.8 cm³/mol. The van der Waals surface area contributed by atoms with Crippen LogP contribution in [0.4, 0.5) is 0 Å². The van der Waals surface area contributed by atoms with E-state index in [4.69, 9.17) is 4.74 Å². The van der Waals surface area contributed by atoms with Gasteiger partial charge in [-0.25, -0.2) is 0 Å². The third-order valence-electron chi connectivity index (χ3n) is 4.56. The van der Waals surface area contributed by atoms with E-state index < -0.39 is 5.72 Å². The number of amides is 1. The van der Waals surface area contributed by atoms with Crippen molar-refractivity contribution in [3.05, 3.63) is 35.9 Å². The molecule has 106 valence electrons. The molecular formula is C16H19NO3. The van der Waals surface area contributed by atoms with Crippen molar-refractivity contribution in [2.75, 3.05) is 6.61 Å². The molecule has 4 heteroatoms. The van der Waals surface area contributed by atoms with E-state index in [2.05, 4.69) is 0 Å². The number of Topliss-reactive ketones (excluding diaryl/α,β-unsaturated/α-hetero) is 1. The van der Waals surface area contributed by atoms with Crippen molar-refractivity contribution in [1.82, 2.24) is 4.90 Å². The normalized spacial score (nSPS) is 33.1. The predicted octanol–water partition coefficient (Wildman–Crippen LogP) is 2.30. The lowest BCUT2D eigenvalue weighted by molar-refractivity contribution is -0.173. The molecule has 0 aliphatic carbocycles. The third kappa shape index (κ3) is 1.86. The average Bonchev–Trinajstić information content (AvgIpc) is 2.78. The molecule has 4 nitrogen and oxygen atoms in total. The molecule has 0 bridgehead atoms. The average molecular weight is 273 g/mol. The summed E-state index contributed by atoms with van der Waals surface area (Å²) in [7, 11) is 0. The molecule has 0 N–H and O–H groups in total. The van der Waals surface area contributed by atoms with E-state index >= 15 is 0 Å². The van der Waals surface area contributed by atoms with Gasteiger partial charge in [0.1, 0.15) is 5.78 Å². The fourth-order valence-electron chi connectivity index (χ4n) is 3.55. The van der Waals surface area contributed by atoms with Gasteiger partial charge in [0.2, 0.25) is 5.91 Å². The van der Waals surface area contributed by atoms with Gasteiger partial charge in [0.25, 0.3) is 0 Å². The molecule has 20 heavy (non-hydrogen) atoms. The zero-order valence-corrected chi connectivity index (χ0v) is 11.8. The second-order valence-corrected chi connectivity index (χ2v) is 5.76. The highest BCUT2D eigenvalue weighted by molar-refractivity contribution is 5.85. The lowest BCUT2D eigenvalue weighted by Crippen LogP contribution is -2.57. The number of hydrogen-bond donors (Lipinski definition) is 0. The van der Waals surface area contributed by atoms with Gasteiger partial charge in [-0.2, -0.15) is 0 Å². The Morgan fingerprint density at radius 3 is 2.70 bits per heavy atom. The van der Waals surface area contributed by atoms with Crippen molar-refractivity contribution >= 4 is 11.7 Å². The summed E-state index contributed by atoms with van der Waals surface area (Å²) in [5.74, 6) is -0.0519. The number of carbonyl (C=O) groups excluding carboxylic acids is 2. The van der Waals surface area contributed by atoms with Gasteiger partial charge in [-0.05, 0) is 25.8 Å². The summed E-state index contributed by atoms with van der Waals surface area (Å²) in [5, 5.41) is 0. The summed E-state index contributed by atoms with van der Waals surface area (Å²) in [5.41, 5.74) is 0.274. The molecule has 0 spiro atoms. The molecule has 2 heterocycles. The zero-order valence-electron chi connectivity index (χ0n) is 11.8. The van der Waals surface area contributed by atoms with Crippen LogP contribution in [0.2, 0.25) is 0 Å². The van der Waals surface area contributed by atoms with Crippen LogP contribution in [0.25, 0.3) is 0 Å². The molecule has 1 aromatic rings. The second kappa shape index (κ2) is 4.70. The first-order valence-electron chi connectivity index (χ1n) is 7.05. The second-order valence-electron chi connectivity index (χ2n) is 5.76. The summed E-state index contributed by atoms with van der Waals surface area (Å²) in [6, 6.07) is 9.80. The van der Waals surface area contributed by atoms with E-state index in [9.17, 15) is 9.59 Å². The third-order valence-corrected chi connectivity index (χ3v) is 4.56. The Balaban J connectivity index is 1.99. The number of piperidine rings is 1. The maximum Gasteiger partial charge on any atom is 0.225 e. The maximum atomic E-state index is 12.4. The molecule has 2 aliphatic heterocycles. The van der Waals surface area contributed by atoms with Gasteiger partial charge in [-0.15, -0.1) is 0 Å². The fraction of sp³-hybridized carbons (Fsp3) is 0.500. The number of benzene rings is 1. The smallest absolute Gasteiger partial charge is 0.225 e. The first-order valence-corrected chi connectivity index (χ1v) is 7.05. The number of rotatable bonds is 2. The van der Waals surface area contributed by atoms with Crippen molar-refractivity contribution in [1.29, 1.82) is 0 Å². The minimum Gasteiger partial charge on any atom is -0.353 e. The van der Waals surface area contributed by atoms with E-state index in [1.807, 2.05) is 37.3 Å². The first kappa shape index (κ1) is 13.3. The highest BCUT2D eigenvalue weighted by Crippen LogP contribution is 2.46. The van der Waals surface area contributed by atoms with Crippen LogP contribution in [0.3, 0.4) is 0 Å². The van der Waals surface area contributed by atoms with Crippen LogP contribution in [0.15, 0.2) is 30.3 Å². The Bertz CT molecular complexity index is 542. The summed E-state index contributed by atoms with van der Waals surface area (Å²) >= 11 is 0. The van der Waals surface area contributed by atoms with E-state index in [1.54, 1.807) is 11.8 Å². The molecule has 1 aromatic carbocycles. The van der Waals surface area contributed by atoms with Crippen molar-refractivity contribution in [3.63, 3.8) is 0 Å². The quantitative estimate of drug-likeness (QED) is 0.830. The van der Waals surface area contributed by atoms with Crippen LogP contribution in [0.1, 0.15) is 38.3 Å². The first-order chi connectivity index (χ1) is 9.54. The van der Waals surface area contributed by atoms with Gasteiger partial charge in [0.15, 0.2) is 5.72 Å². The fourth-order valence-corrected chi connectivity index (χ4v) is 3.55. The molecular weight excluding hydrogens is 254 g/mol. The molecule has 2 aliphatic rings. The standard InChI is InChI=1S/C16H19NO3/c1-11(18)13-8-9-15(19)17-14(10-20-16(13,17)2)12-6-4-3-5-7-12/h3-7,13-14H,8-10H2,1-2H3/t13-,14-,16-/m1/s1. The van der Waals surface area contributed by atoms with E-state index in [-0.39, 0.29) is 23.7 Å². The summed E-state index contributed by atoms with van der Waals surface area (Å²) in [4.78, 5) is 26.0. The highest BCUT2D eigenvalue weighted by Gasteiger charge is 2.55. The number of hydrogen-bond acceptors (Lipinski definition) is 3. The molecule has 3 rings (SSSR count). The number of fused-ring (bicyclic) bond motifs is 1. The van der Waals surface area contributed by atoms with Gasteiger partial charge in [0.05, 0.1) is 18.6 Å². The highest BCUT2D eigenvalue weighted by atomic mass is 16.5. The number of ether oxygens (including phenoxy) is 1. The lowest BCUT2D eigenvalue weighted by Gasteiger charge is -2.44. The van der Waals surface area contributed by atoms with E-state index in [1.165, 1.54) is 0 Å². The number of ketones is 1. The monoisotopic (exact) mass is 273 g/mol. The van der Waals surface area contributed by atoms with Crippen LogP contribution in [-0.4, -0.2) is 28.9 Å². The minimum absolute atomic E-state index is 0.0800. The largest absolute Gasteiger partial charge is 0.353 e. The Kier molecular flexibility index (Phi) is 3.13. The summed E-state index contributed by atoms with van der Waals surface area (Å²) < 4.78 is 5.94. The van der Waals surface area contributed by atoms with Gasteiger partial charge in [-0.3, -0.25) is 9.59 Å². The molecule has 2 saturated heterocycles. The van der Waals surface area contributed by atoms with Crippen LogP contribution in [0.5, 0.6) is 0 Å². The summed E-state index contributed by atoms with van der Waals surface area (Å²) in [6.07, 6.45) is 1.01. The number of carbonyl (C=O) groups is 2. The van der Waals surface area contributed by atoms with Crippen LogP contribution < -0.4 is 0 Å². The van der Waals surface area contributed by atoms with Gasteiger partial charge < -0.3 is 9.64 Å². The van der Waals surface area contributed by atoms with Crippen molar-refractivity contribution < 1.29 is 14.3 Å². The van der Waals surface area contributed by atoms with E-state index in [0.29, 0.717) is 19.4 Å². The molecule has 0 saturated carbocycles. The van der Waals surface area contributed by atoms with Gasteiger partial charge in [0, 0.05) is 6.42 Å². The van der Waals surface area contributed by atoms with Crippen LogP contribution in [0, 0.1) is 5.92 Å². The Morgan fingerprint density at radius 2 is 2.05 bits per heavy atom. The SMILES string of the molecule is CC(=O)[C@H]1CCC(=O)N2[C@@H](c3ccccc3)CO[C@]12C. The Morgan fingerprint density at radius 1 is 1.35 bits per heavy atom. The Labute approximate surface area is 118 Å². The summed E-state index contributed by atoms with van der Waals surface area (Å²) in [6.45, 7) is 3.91. The molecule has 0 aromatic heterocycles. The van der Waals surface area contributed by atoms with Crippen molar-refractivity contribution in [2.45, 2.75) is 38.5 Å². The molecule has 3 atom stereocenters. The van der Waals surface area contributed by atoms with E-state index in [0.717, 1.165) is 5.56 Å². The zero-order chi connectivity index (χ0) is 14.3. The molecule has 0 unspecified atom stereocenters. The molecule has 0 radical (unpaired) electrons. The topological polar surface area (TPSA) is 46.6 Å². The van der Waals surface area contributed by atoms with Gasteiger partial charge in [-0.1, -0.05) is 30.3 Å². The number of nitrogens with zero attached hydrogens (tertiary/aromatic N) is 1. The lowest BCUT2D eigenvalue weighted by atomic mass is 9.83.